The minimum Gasteiger partial charge on any atom is -0.323 e. The number of carbonyl (C=O) groups excluding carboxylic acids is 2. The van der Waals surface area contributed by atoms with E-state index in [1.54, 1.807) is 25.1 Å². The molecule has 1 fully saturated rings. The van der Waals surface area contributed by atoms with Crippen molar-refractivity contribution in [2.75, 3.05) is 10.2 Å². The fourth-order valence-electron chi connectivity index (χ4n) is 3.19. The van der Waals surface area contributed by atoms with Gasteiger partial charge in [0.05, 0.1) is 15.3 Å². The molecule has 0 aliphatic carbocycles. The van der Waals surface area contributed by atoms with Gasteiger partial charge in [-0.3, -0.25) is 14.5 Å². The molecule has 2 aromatic carbocycles. The second kappa shape index (κ2) is 5.41. The summed E-state index contributed by atoms with van der Waals surface area (Å²) in [5, 5.41) is 3.28. The van der Waals surface area contributed by atoms with E-state index in [0.29, 0.717) is 15.7 Å². The van der Waals surface area contributed by atoms with Crippen molar-refractivity contribution in [3.8, 4) is 0 Å². The standard InChI is InChI=1S/C17H12Cl2N2O2S/c1-9-15(22)21(10-6-7-12(18)13(19)8-10)17(24-9)11-4-2-3-5-14(11)20-16(17)23/h2-9H,1H3,(H,20,23). The Hall–Kier alpha value is -1.69. The number of benzene rings is 2. The number of fused-ring (bicyclic) bond motifs is 2. The minimum atomic E-state index is -1.12. The van der Waals surface area contributed by atoms with E-state index in [1.165, 1.54) is 16.7 Å². The summed E-state index contributed by atoms with van der Waals surface area (Å²) in [5.74, 6) is -0.359. The van der Waals surface area contributed by atoms with Crippen LogP contribution in [0.4, 0.5) is 11.4 Å². The van der Waals surface area contributed by atoms with Crippen molar-refractivity contribution < 1.29 is 9.59 Å². The number of halogens is 2. The molecule has 2 aromatic rings. The Bertz CT molecular complexity index is 889. The third-order valence-corrected chi connectivity index (χ3v) is 6.46. The molecule has 2 aliphatic heterocycles. The smallest absolute Gasteiger partial charge is 0.266 e. The van der Waals surface area contributed by atoms with E-state index in [-0.39, 0.29) is 17.1 Å². The van der Waals surface area contributed by atoms with Gasteiger partial charge in [-0.1, -0.05) is 41.4 Å². The first-order chi connectivity index (χ1) is 11.4. The van der Waals surface area contributed by atoms with Gasteiger partial charge in [0.15, 0.2) is 0 Å². The van der Waals surface area contributed by atoms with E-state index in [4.69, 9.17) is 23.2 Å². The van der Waals surface area contributed by atoms with Gasteiger partial charge in [0.25, 0.3) is 5.91 Å². The molecule has 2 unspecified atom stereocenters. The number of thioether (sulfide) groups is 1. The van der Waals surface area contributed by atoms with Gasteiger partial charge in [-0.15, -0.1) is 11.8 Å². The zero-order valence-corrected chi connectivity index (χ0v) is 14.9. The topological polar surface area (TPSA) is 49.4 Å². The molecule has 2 heterocycles. The highest BCUT2D eigenvalue weighted by molar-refractivity contribution is 8.03. The lowest BCUT2D eigenvalue weighted by Gasteiger charge is -2.32. The highest BCUT2D eigenvalue weighted by Crippen LogP contribution is 2.56. The van der Waals surface area contributed by atoms with E-state index in [2.05, 4.69) is 5.32 Å². The molecule has 0 radical (unpaired) electrons. The molecule has 0 aromatic heterocycles. The largest absolute Gasteiger partial charge is 0.323 e. The Labute approximate surface area is 153 Å². The predicted octanol–water partition coefficient (Wildman–Crippen LogP) is 4.27. The number of amides is 2. The van der Waals surface area contributed by atoms with Gasteiger partial charge in [-0.05, 0) is 31.2 Å². The summed E-state index contributed by atoms with van der Waals surface area (Å²) in [7, 11) is 0. The van der Waals surface area contributed by atoms with E-state index in [0.717, 1.165) is 11.3 Å². The molecule has 1 N–H and O–H groups in total. The minimum absolute atomic E-state index is 0.134. The Morgan fingerprint density at radius 2 is 1.88 bits per heavy atom. The zero-order chi connectivity index (χ0) is 17.1. The summed E-state index contributed by atoms with van der Waals surface area (Å²) in [5.41, 5.74) is 2.06. The Morgan fingerprint density at radius 1 is 1.12 bits per heavy atom. The normalized spacial score (nSPS) is 25.3. The van der Waals surface area contributed by atoms with Crippen LogP contribution in [0.25, 0.3) is 0 Å². The van der Waals surface area contributed by atoms with Gasteiger partial charge in [0, 0.05) is 16.9 Å². The maximum atomic E-state index is 12.9. The van der Waals surface area contributed by atoms with Crippen molar-refractivity contribution in [3.05, 3.63) is 58.1 Å². The SMILES string of the molecule is CC1SC2(C(=O)Nc3ccccc32)N(c2ccc(Cl)c(Cl)c2)C1=O. The Balaban J connectivity index is 1.95. The molecule has 2 amide bonds. The summed E-state index contributed by atoms with van der Waals surface area (Å²) in [6.07, 6.45) is 0. The second-order valence-corrected chi connectivity index (χ2v) is 8.02. The average molecular weight is 379 g/mol. The number of anilines is 2. The fraction of sp³-hybridized carbons (Fsp3) is 0.176. The number of nitrogens with zero attached hydrogens (tertiary/aromatic N) is 1. The van der Waals surface area contributed by atoms with Crippen molar-refractivity contribution in [2.45, 2.75) is 17.0 Å². The highest BCUT2D eigenvalue weighted by atomic mass is 35.5. The number of hydrogen-bond donors (Lipinski definition) is 1. The maximum absolute atomic E-state index is 12.9. The molecule has 2 atom stereocenters. The second-order valence-electron chi connectivity index (χ2n) is 5.68. The monoisotopic (exact) mass is 378 g/mol. The van der Waals surface area contributed by atoms with E-state index in [9.17, 15) is 9.59 Å². The van der Waals surface area contributed by atoms with Crippen LogP contribution in [0.5, 0.6) is 0 Å². The van der Waals surface area contributed by atoms with Crippen LogP contribution in [-0.4, -0.2) is 17.1 Å². The number of hydrogen-bond acceptors (Lipinski definition) is 3. The first-order valence-electron chi connectivity index (χ1n) is 7.33. The van der Waals surface area contributed by atoms with E-state index >= 15 is 0 Å². The van der Waals surface area contributed by atoms with Crippen molar-refractivity contribution in [2.24, 2.45) is 0 Å². The molecule has 4 rings (SSSR count). The molecule has 0 bridgehead atoms. The summed E-state index contributed by atoms with van der Waals surface area (Å²) in [6, 6.07) is 12.4. The fourth-order valence-corrected chi connectivity index (χ4v) is 4.96. The van der Waals surface area contributed by atoms with Gasteiger partial charge >= 0.3 is 0 Å². The molecular weight excluding hydrogens is 367 g/mol. The molecular formula is C17H12Cl2N2O2S. The molecule has 0 saturated carbocycles. The molecule has 4 nitrogen and oxygen atoms in total. The first kappa shape index (κ1) is 15.8. The van der Waals surface area contributed by atoms with Gasteiger partial charge in [0.1, 0.15) is 0 Å². The lowest BCUT2D eigenvalue weighted by molar-refractivity contribution is -0.122. The van der Waals surface area contributed by atoms with Crippen LogP contribution in [0.15, 0.2) is 42.5 Å². The van der Waals surface area contributed by atoms with Crippen LogP contribution in [0.1, 0.15) is 12.5 Å². The van der Waals surface area contributed by atoms with Crippen LogP contribution >= 0.6 is 35.0 Å². The van der Waals surface area contributed by atoms with Crippen LogP contribution < -0.4 is 10.2 Å². The van der Waals surface area contributed by atoms with Gasteiger partial charge in [-0.2, -0.15) is 0 Å². The Kier molecular flexibility index (Phi) is 3.56. The number of carbonyl (C=O) groups is 2. The van der Waals surface area contributed by atoms with Crippen molar-refractivity contribution in [1.29, 1.82) is 0 Å². The summed E-state index contributed by atoms with van der Waals surface area (Å²) >= 11 is 13.5. The summed E-state index contributed by atoms with van der Waals surface area (Å²) in [6.45, 7) is 1.81. The lowest BCUT2D eigenvalue weighted by atomic mass is 10.0. The average Bonchev–Trinajstić information content (AvgIpc) is 2.98. The molecule has 7 heteroatoms. The van der Waals surface area contributed by atoms with E-state index < -0.39 is 4.87 Å². The molecule has 1 saturated heterocycles. The molecule has 24 heavy (non-hydrogen) atoms. The quantitative estimate of drug-likeness (QED) is 0.805. The van der Waals surface area contributed by atoms with Crippen LogP contribution in [0, 0.1) is 0 Å². The summed E-state index contributed by atoms with van der Waals surface area (Å²) < 4.78 is 0. The lowest BCUT2D eigenvalue weighted by Crippen LogP contribution is -2.47. The van der Waals surface area contributed by atoms with Gasteiger partial charge in [0.2, 0.25) is 10.8 Å². The number of rotatable bonds is 1. The highest BCUT2D eigenvalue weighted by Gasteiger charge is 2.60. The van der Waals surface area contributed by atoms with Gasteiger partial charge < -0.3 is 5.32 Å². The Morgan fingerprint density at radius 3 is 2.62 bits per heavy atom. The van der Waals surface area contributed by atoms with Crippen molar-refractivity contribution in [3.63, 3.8) is 0 Å². The third-order valence-electron chi connectivity index (χ3n) is 4.24. The van der Waals surface area contributed by atoms with Crippen molar-refractivity contribution in [1.82, 2.24) is 0 Å². The van der Waals surface area contributed by atoms with Crippen LogP contribution in [0.3, 0.4) is 0 Å². The number of para-hydroxylation sites is 1. The molecule has 122 valence electrons. The predicted molar refractivity (Wildman–Crippen MR) is 97.8 cm³/mol. The van der Waals surface area contributed by atoms with Crippen molar-refractivity contribution >= 4 is 58.2 Å². The molecule has 1 spiro atoms. The maximum Gasteiger partial charge on any atom is 0.266 e. The van der Waals surface area contributed by atoms with Crippen LogP contribution in [0.2, 0.25) is 10.0 Å². The number of nitrogens with one attached hydrogen (secondary N) is 1. The van der Waals surface area contributed by atoms with Crippen LogP contribution in [-0.2, 0) is 14.5 Å². The molecule has 2 aliphatic rings. The zero-order valence-electron chi connectivity index (χ0n) is 12.5. The third kappa shape index (κ3) is 2.01. The van der Waals surface area contributed by atoms with Gasteiger partial charge in [-0.25, -0.2) is 0 Å². The first-order valence-corrected chi connectivity index (χ1v) is 8.96. The van der Waals surface area contributed by atoms with E-state index in [1.807, 2.05) is 24.3 Å². The summed E-state index contributed by atoms with van der Waals surface area (Å²) in [4.78, 5) is 26.2.